The first-order chi connectivity index (χ1) is 11.7. The molecule has 4 heteroatoms. The van der Waals surface area contributed by atoms with Gasteiger partial charge in [0.2, 0.25) is 5.91 Å². The standard InChI is InChI=1S/C20H23NO3/c1-24-20(23)18(15-17-11-6-3-7-12-17)21-19(22)14-8-13-16-9-4-2-5-10-16/h2-7,9-12,18H,8,13-15H2,1H3,(H,21,22). The van der Waals surface area contributed by atoms with Gasteiger partial charge in [0.05, 0.1) is 7.11 Å². The van der Waals surface area contributed by atoms with Crippen LogP contribution in [0.5, 0.6) is 0 Å². The average molecular weight is 325 g/mol. The Bertz CT molecular complexity index is 640. The Balaban J connectivity index is 1.84. The van der Waals surface area contributed by atoms with Gasteiger partial charge in [-0.05, 0) is 24.0 Å². The van der Waals surface area contributed by atoms with Crippen LogP contribution in [-0.4, -0.2) is 25.0 Å². The lowest BCUT2D eigenvalue weighted by molar-refractivity contribution is -0.145. The fourth-order valence-electron chi connectivity index (χ4n) is 2.55. The van der Waals surface area contributed by atoms with Crippen LogP contribution in [0.3, 0.4) is 0 Å². The quantitative estimate of drug-likeness (QED) is 0.759. The van der Waals surface area contributed by atoms with E-state index in [0.717, 1.165) is 18.4 Å². The number of esters is 1. The number of nitrogens with one attached hydrogen (secondary N) is 1. The number of carbonyl (C=O) groups is 2. The monoisotopic (exact) mass is 325 g/mol. The summed E-state index contributed by atoms with van der Waals surface area (Å²) < 4.78 is 4.81. The van der Waals surface area contributed by atoms with Crippen molar-refractivity contribution in [3.63, 3.8) is 0 Å². The molecule has 0 heterocycles. The van der Waals surface area contributed by atoms with E-state index < -0.39 is 12.0 Å². The summed E-state index contributed by atoms with van der Waals surface area (Å²) in [7, 11) is 1.34. The summed E-state index contributed by atoms with van der Waals surface area (Å²) in [6.07, 6.45) is 2.40. The van der Waals surface area contributed by atoms with Gasteiger partial charge in [-0.2, -0.15) is 0 Å². The molecule has 24 heavy (non-hydrogen) atoms. The lowest BCUT2D eigenvalue weighted by atomic mass is 10.0. The molecule has 0 aliphatic carbocycles. The number of rotatable bonds is 8. The second-order valence-electron chi connectivity index (χ2n) is 5.67. The fourth-order valence-corrected chi connectivity index (χ4v) is 2.55. The Hall–Kier alpha value is -2.62. The molecule has 0 saturated carbocycles. The van der Waals surface area contributed by atoms with Gasteiger partial charge in [0.25, 0.3) is 0 Å². The second-order valence-corrected chi connectivity index (χ2v) is 5.67. The first-order valence-electron chi connectivity index (χ1n) is 8.14. The molecule has 0 aromatic heterocycles. The van der Waals surface area contributed by atoms with Gasteiger partial charge in [-0.1, -0.05) is 60.7 Å². The highest BCUT2D eigenvalue weighted by atomic mass is 16.5. The first kappa shape index (κ1) is 17.7. The predicted molar refractivity (Wildman–Crippen MR) is 93.5 cm³/mol. The number of hydrogen-bond donors (Lipinski definition) is 1. The van der Waals surface area contributed by atoms with Gasteiger partial charge >= 0.3 is 5.97 Å². The number of benzene rings is 2. The van der Waals surface area contributed by atoms with Gasteiger partial charge < -0.3 is 10.1 Å². The predicted octanol–water partition coefficient (Wildman–Crippen LogP) is 2.91. The smallest absolute Gasteiger partial charge is 0.328 e. The maximum absolute atomic E-state index is 12.1. The lowest BCUT2D eigenvalue weighted by Crippen LogP contribution is -2.43. The van der Waals surface area contributed by atoms with Gasteiger partial charge in [-0.15, -0.1) is 0 Å². The van der Waals surface area contributed by atoms with Crippen LogP contribution in [0.1, 0.15) is 24.0 Å². The van der Waals surface area contributed by atoms with Crippen molar-refractivity contribution in [2.24, 2.45) is 0 Å². The maximum Gasteiger partial charge on any atom is 0.328 e. The summed E-state index contributed by atoms with van der Waals surface area (Å²) >= 11 is 0. The van der Waals surface area contributed by atoms with Crippen molar-refractivity contribution in [3.8, 4) is 0 Å². The topological polar surface area (TPSA) is 55.4 Å². The van der Waals surface area contributed by atoms with Crippen LogP contribution in [-0.2, 0) is 27.2 Å². The Morgan fingerprint density at radius 3 is 2.12 bits per heavy atom. The molecule has 0 aliphatic heterocycles. The third kappa shape index (κ3) is 5.88. The molecule has 0 fully saturated rings. The summed E-state index contributed by atoms with van der Waals surface area (Å²) in [6, 6.07) is 19.0. The zero-order valence-corrected chi connectivity index (χ0v) is 13.9. The van der Waals surface area contributed by atoms with Gasteiger partial charge in [0.1, 0.15) is 6.04 Å². The highest BCUT2D eigenvalue weighted by Gasteiger charge is 2.21. The minimum Gasteiger partial charge on any atom is -0.467 e. The molecule has 4 nitrogen and oxygen atoms in total. The molecule has 0 saturated heterocycles. The zero-order valence-electron chi connectivity index (χ0n) is 13.9. The maximum atomic E-state index is 12.1. The highest BCUT2D eigenvalue weighted by Crippen LogP contribution is 2.07. The second kappa shape index (κ2) is 9.50. The molecule has 1 N–H and O–H groups in total. The van der Waals surface area contributed by atoms with Gasteiger partial charge in [-0.3, -0.25) is 4.79 Å². The number of amides is 1. The van der Waals surface area contributed by atoms with Crippen molar-refractivity contribution in [2.75, 3.05) is 7.11 Å². The summed E-state index contributed by atoms with van der Waals surface area (Å²) in [5.41, 5.74) is 2.19. The fraction of sp³-hybridized carbons (Fsp3) is 0.300. The van der Waals surface area contributed by atoms with E-state index in [0.29, 0.717) is 12.8 Å². The molecular formula is C20H23NO3. The Kier molecular flexibility index (Phi) is 7.02. The minimum atomic E-state index is -0.651. The summed E-state index contributed by atoms with van der Waals surface area (Å²) in [6.45, 7) is 0. The Morgan fingerprint density at radius 1 is 0.958 bits per heavy atom. The molecule has 0 spiro atoms. The van der Waals surface area contributed by atoms with Gasteiger partial charge in [0, 0.05) is 12.8 Å². The highest BCUT2D eigenvalue weighted by molar-refractivity contribution is 5.84. The van der Waals surface area contributed by atoms with Crippen LogP contribution in [0.2, 0.25) is 0 Å². The van der Waals surface area contributed by atoms with E-state index in [4.69, 9.17) is 4.74 Å². The molecule has 1 amide bonds. The van der Waals surface area contributed by atoms with Crippen molar-refractivity contribution in [1.82, 2.24) is 5.32 Å². The SMILES string of the molecule is COC(=O)C(Cc1ccccc1)NC(=O)CCCc1ccccc1. The minimum absolute atomic E-state index is 0.128. The van der Waals surface area contributed by atoms with E-state index in [1.807, 2.05) is 60.7 Å². The molecule has 0 bridgehead atoms. The molecule has 2 rings (SSSR count). The number of aryl methyl sites for hydroxylation is 1. The number of carbonyl (C=O) groups excluding carboxylic acids is 2. The number of hydrogen-bond acceptors (Lipinski definition) is 3. The van der Waals surface area contributed by atoms with E-state index in [2.05, 4.69) is 5.32 Å². The van der Waals surface area contributed by atoms with Crippen molar-refractivity contribution in [3.05, 3.63) is 71.8 Å². The lowest BCUT2D eigenvalue weighted by Gasteiger charge is -2.16. The van der Waals surface area contributed by atoms with E-state index in [-0.39, 0.29) is 5.91 Å². The molecule has 0 aliphatic rings. The van der Waals surface area contributed by atoms with Crippen LogP contribution in [0.15, 0.2) is 60.7 Å². The van der Waals surface area contributed by atoms with E-state index in [1.54, 1.807) is 0 Å². The number of ether oxygens (including phenoxy) is 1. The molecule has 126 valence electrons. The van der Waals surface area contributed by atoms with E-state index in [9.17, 15) is 9.59 Å². The third-order valence-corrected chi connectivity index (χ3v) is 3.82. The van der Waals surface area contributed by atoms with Crippen molar-refractivity contribution < 1.29 is 14.3 Å². The van der Waals surface area contributed by atoms with Crippen LogP contribution in [0, 0.1) is 0 Å². The molecule has 1 unspecified atom stereocenters. The molecule has 2 aromatic rings. The van der Waals surface area contributed by atoms with Crippen LogP contribution < -0.4 is 5.32 Å². The molecule has 1 atom stereocenters. The summed E-state index contributed by atoms with van der Waals surface area (Å²) in [5.74, 6) is -0.549. The Morgan fingerprint density at radius 2 is 1.54 bits per heavy atom. The largest absolute Gasteiger partial charge is 0.467 e. The van der Waals surface area contributed by atoms with Gasteiger partial charge in [-0.25, -0.2) is 4.79 Å². The van der Waals surface area contributed by atoms with Crippen molar-refractivity contribution in [1.29, 1.82) is 0 Å². The van der Waals surface area contributed by atoms with Crippen molar-refractivity contribution >= 4 is 11.9 Å². The van der Waals surface area contributed by atoms with Crippen LogP contribution in [0.25, 0.3) is 0 Å². The third-order valence-electron chi connectivity index (χ3n) is 3.82. The Labute approximate surface area is 142 Å². The van der Waals surface area contributed by atoms with E-state index in [1.165, 1.54) is 12.7 Å². The summed E-state index contributed by atoms with van der Waals surface area (Å²) in [5, 5.41) is 2.79. The summed E-state index contributed by atoms with van der Waals surface area (Å²) in [4.78, 5) is 24.0. The average Bonchev–Trinajstić information content (AvgIpc) is 2.62. The van der Waals surface area contributed by atoms with E-state index >= 15 is 0 Å². The molecule has 0 radical (unpaired) electrons. The van der Waals surface area contributed by atoms with Crippen molar-refractivity contribution in [2.45, 2.75) is 31.7 Å². The van der Waals surface area contributed by atoms with Gasteiger partial charge in [0.15, 0.2) is 0 Å². The van der Waals surface area contributed by atoms with Crippen LogP contribution >= 0.6 is 0 Å². The molecular weight excluding hydrogens is 302 g/mol. The first-order valence-corrected chi connectivity index (χ1v) is 8.14. The molecule has 2 aromatic carbocycles. The van der Waals surface area contributed by atoms with Crippen LogP contribution in [0.4, 0.5) is 0 Å². The number of methoxy groups -OCH3 is 1. The zero-order chi connectivity index (χ0) is 17.2. The normalized spacial score (nSPS) is 11.5.